The summed E-state index contributed by atoms with van der Waals surface area (Å²) in [6.07, 6.45) is -1.66. The molecule has 0 bridgehead atoms. The molecule has 0 radical (unpaired) electrons. The predicted octanol–water partition coefficient (Wildman–Crippen LogP) is 2.65. The summed E-state index contributed by atoms with van der Waals surface area (Å²) in [5.74, 6) is 0. The lowest BCUT2D eigenvalue weighted by Crippen LogP contribution is -1.92. The van der Waals surface area contributed by atoms with Crippen LogP contribution in [0.5, 0.6) is 0 Å². The van der Waals surface area contributed by atoms with E-state index in [2.05, 4.69) is 20.9 Å². The fourth-order valence-corrected chi connectivity index (χ4v) is 1.04. The van der Waals surface area contributed by atoms with Crippen LogP contribution >= 0.6 is 15.9 Å². The number of alkyl halides is 2. The van der Waals surface area contributed by atoms with Crippen molar-refractivity contribution in [3.63, 3.8) is 0 Å². The van der Waals surface area contributed by atoms with Crippen molar-refractivity contribution in [1.29, 1.82) is 5.26 Å². The van der Waals surface area contributed by atoms with Gasteiger partial charge in [-0.25, -0.2) is 13.8 Å². The standard InChI is InChI=1S/C7H3BrF2N2/c8-6-1-4(2-11)5(3-12-6)7(9)10/h1,3,7H. The van der Waals surface area contributed by atoms with Gasteiger partial charge in [0, 0.05) is 6.20 Å². The van der Waals surface area contributed by atoms with Crippen molar-refractivity contribution in [3.8, 4) is 6.07 Å². The molecule has 0 saturated heterocycles. The number of pyridine rings is 1. The first-order chi connectivity index (χ1) is 5.65. The summed E-state index contributed by atoms with van der Waals surface area (Å²) in [4.78, 5) is 3.59. The van der Waals surface area contributed by atoms with Crippen LogP contribution in [-0.4, -0.2) is 4.98 Å². The summed E-state index contributed by atoms with van der Waals surface area (Å²) in [5.41, 5.74) is -0.382. The molecule has 0 N–H and O–H groups in total. The Labute approximate surface area is 76.0 Å². The normalized spacial score (nSPS) is 9.92. The van der Waals surface area contributed by atoms with Crippen molar-refractivity contribution in [2.24, 2.45) is 0 Å². The van der Waals surface area contributed by atoms with E-state index in [1.54, 1.807) is 6.07 Å². The van der Waals surface area contributed by atoms with Gasteiger partial charge in [0.05, 0.1) is 17.2 Å². The summed E-state index contributed by atoms with van der Waals surface area (Å²) >= 11 is 2.98. The molecule has 1 aromatic rings. The molecule has 12 heavy (non-hydrogen) atoms. The quantitative estimate of drug-likeness (QED) is 0.699. The second-order valence-electron chi connectivity index (χ2n) is 2.01. The van der Waals surface area contributed by atoms with Crippen molar-refractivity contribution in [2.45, 2.75) is 6.43 Å². The van der Waals surface area contributed by atoms with E-state index < -0.39 is 6.43 Å². The number of rotatable bonds is 1. The maximum absolute atomic E-state index is 12.1. The third-order valence-corrected chi connectivity index (χ3v) is 1.69. The van der Waals surface area contributed by atoms with E-state index in [0.717, 1.165) is 6.20 Å². The van der Waals surface area contributed by atoms with Crippen LogP contribution in [-0.2, 0) is 0 Å². The highest BCUT2D eigenvalue weighted by molar-refractivity contribution is 9.10. The van der Waals surface area contributed by atoms with Crippen molar-refractivity contribution in [1.82, 2.24) is 4.98 Å². The zero-order chi connectivity index (χ0) is 9.14. The molecule has 2 nitrogen and oxygen atoms in total. The summed E-state index contributed by atoms with van der Waals surface area (Å²) in [5, 5.41) is 8.46. The Balaban J connectivity index is 3.23. The molecule has 0 aliphatic rings. The highest BCUT2D eigenvalue weighted by atomic mass is 79.9. The van der Waals surface area contributed by atoms with Crippen LogP contribution in [0, 0.1) is 11.3 Å². The predicted molar refractivity (Wildman–Crippen MR) is 41.6 cm³/mol. The molecule has 1 aromatic heterocycles. The van der Waals surface area contributed by atoms with Crippen molar-refractivity contribution >= 4 is 15.9 Å². The van der Waals surface area contributed by atoms with Gasteiger partial charge < -0.3 is 0 Å². The second-order valence-corrected chi connectivity index (χ2v) is 2.82. The van der Waals surface area contributed by atoms with Crippen LogP contribution in [0.2, 0.25) is 0 Å². The Hall–Kier alpha value is -1.02. The van der Waals surface area contributed by atoms with Gasteiger partial charge in [0.25, 0.3) is 6.43 Å². The Morgan fingerprint density at radius 1 is 1.58 bits per heavy atom. The number of hydrogen-bond donors (Lipinski definition) is 0. The van der Waals surface area contributed by atoms with Crippen molar-refractivity contribution < 1.29 is 8.78 Å². The molecule has 0 aliphatic carbocycles. The molecule has 0 saturated carbocycles. The van der Waals surface area contributed by atoms with E-state index in [9.17, 15) is 8.78 Å². The number of hydrogen-bond acceptors (Lipinski definition) is 2. The molecule has 1 heterocycles. The fourth-order valence-electron chi connectivity index (χ4n) is 0.711. The summed E-state index contributed by atoms with van der Waals surface area (Å²) in [6.45, 7) is 0. The molecule has 62 valence electrons. The molecule has 1 rings (SSSR count). The molecular formula is C7H3BrF2N2. The Bertz CT molecular complexity index is 333. The van der Waals surface area contributed by atoms with Gasteiger partial charge in [0.1, 0.15) is 4.60 Å². The SMILES string of the molecule is N#Cc1cc(Br)ncc1C(F)F. The van der Waals surface area contributed by atoms with Crippen LogP contribution in [0.25, 0.3) is 0 Å². The van der Waals surface area contributed by atoms with Gasteiger partial charge in [0.2, 0.25) is 0 Å². The zero-order valence-corrected chi connectivity index (χ0v) is 7.35. The number of nitriles is 1. The van der Waals surface area contributed by atoms with Crippen LogP contribution < -0.4 is 0 Å². The molecular weight excluding hydrogens is 230 g/mol. The Kier molecular flexibility index (Phi) is 2.71. The van der Waals surface area contributed by atoms with Gasteiger partial charge in [-0.2, -0.15) is 5.26 Å². The van der Waals surface area contributed by atoms with Gasteiger partial charge in [0.15, 0.2) is 0 Å². The first-order valence-electron chi connectivity index (χ1n) is 2.99. The van der Waals surface area contributed by atoms with Crippen molar-refractivity contribution in [3.05, 3.63) is 28.0 Å². The van der Waals surface area contributed by atoms with E-state index in [0.29, 0.717) is 4.60 Å². The highest BCUT2D eigenvalue weighted by Gasteiger charge is 2.13. The molecule has 5 heteroatoms. The summed E-state index contributed by atoms with van der Waals surface area (Å²) < 4.78 is 24.7. The maximum atomic E-state index is 12.1. The van der Waals surface area contributed by atoms with Crippen LogP contribution in [0.1, 0.15) is 17.6 Å². The molecule has 0 atom stereocenters. The third kappa shape index (κ3) is 1.77. The lowest BCUT2D eigenvalue weighted by atomic mass is 10.2. The third-order valence-electron chi connectivity index (χ3n) is 1.26. The van der Waals surface area contributed by atoms with Crippen molar-refractivity contribution in [2.75, 3.05) is 0 Å². The number of halogens is 3. The lowest BCUT2D eigenvalue weighted by Gasteiger charge is -2.00. The zero-order valence-electron chi connectivity index (χ0n) is 5.76. The Morgan fingerprint density at radius 2 is 2.25 bits per heavy atom. The van der Waals surface area contributed by atoms with E-state index in [4.69, 9.17) is 5.26 Å². The Morgan fingerprint density at radius 3 is 2.75 bits per heavy atom. The minimum atomic E-state index is -2.65. The average molecular weight is 233 g/mol. The van der Waals surface area contributed by atoms with E-state index in [-0.39, 0.29) is 11.1 Å². The molecule has 0 unspecified atom stereocenters. The van der Waals surface area contributed by atoms with E-state index in [1.165, 1.54) is 6.07 Å². The number of nitrogens with zero attached hydrogens (tertiary/aromatic N) is 2. The smallest absolute Gasteiger partial charge is 0.249 e. The first kappa shape index (κ1) is 9.07. The van der Waals surface area contributed by atoms with Gasteiger partial charge in [-0.15, -0.1) is 0 Å². The van der Waals surface area contributed by atoms with E-state index >= 15 is 0 Å². The number of aromatic nitrogens is 1. The topological polar surface area (TPSA) is 36.7 Å². The van der Waals surface area contributed by atoms with Crippen LogP contribution in [0.15, 0.2) is 16.9 Å². The molecule has 0 spiro atoms. The minimum Gasteiger partial charge on any atom is -0.249 e. The second kappa shape index (κ2) is 3.59. The highest BCUT2D eigenvalue weighted by Crippen LogP contribution is 2.23. The van der Waals surface area contributed by atoms with Gasteiger partial charge in [-0.3, -0.25) is 0 Å². The van der Waals surface area contributed by atoms with Crippen LogP contribution in [0.3, 0.4) is 0 Å². The first-order valence-corrected chi connectivity index (χ1v) is 3.78. The van der Waals surface area contributed by atoms with Gasteiger partial charge in [-0.1, -0.05) is 0 Å². The molecule has 0 fully saturated rings. The van der Waals surface area contributed by atoms with Gasteiger partial charge in [-0.05, 0) is 22.0 Å². The largest absolute Gasteiger partial charge is 0.266 e. The van der Waals surface area contributed by atoms with Gasteiger partial charge >= 0.3 is 0 Å². The molecule has 0 amide bonds. The van der Waals surface area contributed by atoms with E-state index in [1.807, 2.05) is 0 Å². The molecule has 0 aliphatic heterocycles. The lowest BCUT2D eigenvalue weighted by molar-refractivity contribution is 0.150. The molecule has 0 aromatic carbocycles. The van der Waals surface area contributed by atoms with Crippen LogP contribution in [0.4, 0.5) is 8.78 Å². The fraction of sp³-hybridized carbons (Fsp3) is 0.143. The summed E-state index contributed by atoms with van der Waals surface area (Å²) in [7, 11) is 0. The monoisotopic (exact) mass is 232 g/mol. The summed E-state index contributed by atoms with van der Waals surface area (Å²) in [6, 6.07) is 2.93. The maximum Gasteiger partial charge on any atom is 0.266 e. The average Bonchev–Trinajstić information content (AvgIpc) is 2.03. The minimum absolute atomic E-state index is 0.0492.